The third-order valence-corrected chi connectivity index (χ3v) is 5.66. The number of esters is 1. The summed E-state index contributed by atoms with van der Waals surface area (Å²) >= 11 is 0. The number of ketones is 1. The predicted molar refractivity (Wildman–Crippen MR) is 113 cm³/mol. The number of benzene rings is 1. The fourth-order valence-electron chi connectivity index (χ4n) is 4.34. The molecule has 1 saturated carbocycles. The van der Waals surface area contributed by atoms with Gasteiger partial charge in [0.15, 0.2) is 0 Å². The zero-order valence-electron chi connectivity index (χ0n) is 17.7. The van der Waals surface area contributed by atoms with Crippen molar-refractivity contribution in [2.24, 2.45) is 10.9 Å². The van der Waals surface area contributed by atoms with E-state index in [1.54, 1.807) is 0 Å². The third kappa shape index (κ3) is 4.60. The number of ether oxygens (including phenoxy) is 2. The van der Waals surface area contributed by atoms with E-state index in [1.807, 2.05) is 38.1 Å². The smallest absolute Gasteiger partial charge is 0.336 e. The van der Waals surface area contributed by atoms with Crippen molar-refractivity contribution in [2.45, 2.75) is 65.2 Å². The summed E-state index contributed by atoms with van der Waals surface area (Å²) in [5.74, 6) is -0.321. The maximum absolute atomic E-state index is 13.1. The van der Waals surface area contributed by atoms with Gasteiger partial charge in [0.1, 0.15) is 11.5 Å². The van der Waals surface area contributed by atoms with Gasteiger partial charge in [0.2, 0.25) is 0 Å². The number of hydrogen-bond donors (Lipinski definition) is 0. The first-order valence-electron chi connectivity index (χ1n) is 10.8. The van der Waals surface area contributed by atoms with E-state index in [-0.39, 0.29) is 11.8 Å². The zero-order valence-corrected chi connectivity index (χ0v) is 17.7. The van der Waals surface area contributed by atoms with Crippen LogP contribution >= 0.6 is 0 Å². The highest BCUT2D eigenvalue weighted by molar-refractivity contribution is 6.11. The van der Waals surface area contributed by atoms with Gasteiger partial charge in [-0.15, -0.1) is 0 Å². The Hall–Kier alpha value is -2.43. The number of carbonyl (C=O) groups excluding carboxylic acids is 2. The fraction of sp³-hybridized carbons (Fsp3) is 0.542. The average Bonchev–Trinajstić information content (AvgIpc) is 2.71. The molecule has 0 bridgehead atoms. The van der Waals surface area contributed by atoms with E-state index in [2.05, 4.69) is 11.9 Å². The Bertz CT molecular complexity index is 824. The quantitative estimate of drug-likeness (QED) is 0.457. The maximum Gasteiger partial charge on any atom is 0.336 e. The Kier molecular flexibility index (Phi) is 7.24. The lowest BCUT2D eigenvalue weighted by Gasteiger charge is -2.36. The van der Waals surface area contributed by atoms with Gasteiger partial charge in [0, 0.05) is 29.3 Å². The first-order valence-corrected chi connectivity index (χ1v) is 10.8. The summed E-state index contributed by atoms with van der Waals surface area (Å²) in [6.07, 6.45) is 5.05. The Morgan fingerprint density at radius 3 is 2.69 bits per heavy atom. The van der Waals surface area contributed by atoms with Crippen molar-refractivity contribution in [1.29, 1.82) is 0 Å². The second-order valence-corrected chi connectivity index (χ2v) is 7.69. The number of rotatable bonds is 8. The predicted octanol–water partition coefficient (Wildman–Crippen LogP) is 5.00. The Morgan fingerprint density at radius 1 is 1.14 bits per heavy atom. The lowest BCUT2D eigenvalue weighted by Crippen LogP contribution is -2.39. The van der Waals surface area contributed by atoms with E-state index in [4.69, 9.17) is 9.47 Å². The lowest BCUT2D eigenvalue weighted by molar-refractivity contribution is -0.139. The summed E-state index contributed by atoms with van der Waals surface area (Å²) in [6, 6.07) is 7.69. The van der Waals surface area contributed by atoms with Crippen LogP contribution in [0.2, 0.25) is 0 Å². The molecule has 0 spiro atoms. The SMILES string of the molecule is CCCCCOC(=O)C1=C(C)N=C2CCCC(=O)C2C1c1ccccc1OCC. The molecule has 5 heteroatoms. The molecule has 0 amide bonds. The summed E-state index contributed by atoms with van der Waals surface area (Å²) < 4.78 is 11.5. The Labute approximate surface area is 173 Å². The molecule has 5 nitrogen and oxygen atoms in total. The van der Waals surface area contributed by atoms with E-state index in [0.29, 0.717) is 36.7 Å². The molecular formula is C24H31NO4. The fourth-order valence-corrected chi connectivity index (χ4v) is 4.34. The highest BCUT2D eigenvalue weighted by Gasteiger charge is 2.44. The van der Waals surface area contributed by atoms with Gasteiger partial charge in [0.05, 0.1) is 24.7 Å². The minimum Gasteiger partial charge on any atom is -0.494 e. The summed E-state index contributed by atoms with van der Waals surface area (Å²) in [4.78, 5) is 30.8. The largest absolute Gasteiger partial charge is 0.494 e. The van der Waals surface area contributed by atoms with Crippen molar-refractivity contribution in [2.75, 3.05) is 13.2 Å². The third-order valence-electron chi connectivity index (χ3n) is 5.66. The molecule has 1 aliphatic carbocycles. The molecule has 1 heterocycles. The van der Waals surface area contributed by atoms with Crippen LogP contribution in [0.3, 0.4) is 0 Å². The average molecular weight is 398 g/mol. The van der Waals surface area contributed by atoms with E-state index in [9.17, 15) is 9.59 Å². The summed E-state index contributed by atoms with van der Waals surface area (Å²) in [7, 11) is 0. The number of aliphatic imine (C=N–C) groups is 1. The highest BCUT2D eigenvalue weighted by Crippen LogP contribution is 2.45. The monoisotopic (exact) mass is 397 g/mol. The van der Waals surface area contributed by atoms with Crippen LogP contribution in [0.5, 0.6) is 5.75 Å². The minimum absolute atomic E-state index is 0.148. The molecule has 0 aromatic heterocycles. The second kappa shape index (κ2) is 9.86. The van der Waals surface area contributed by atoms with Gasteiger partial charge in [-0.2, -0.15) is 0 Å². The molecule has 0 radical (unpaired) electrons. The summed E-state index contributed by atoms with van der Waals surface area (Å²) in [5, 5.41) is 0. The van der Waals surface area contributed by atoms with Crippen LogP contribution in [0.4, 0.5) is 0 Å². The van der Waals surface area contributed by atoms with Crippen LogP contribution in [0.15, 0.2) is 40.5 Å². The number of carbonyl (C=O) groups is 2. The summed E-state index contributed by atoms with van der Waals surface area (Å²) in [6.45, 7) is 6.80. The molecule has 1 aromatic rings. The maximum atomic E-state index is 13.1. The van der Waals surface area contributed by atoms with Gasteiger partial charge >= 0.3 is 5.97 Å². The highest BCUT2D eigenvalue weighted by atomic mass is 16.5. The van der Waals surface area contributed by atoms with Crippen molar-refractivity contribution >= 4 is 17.5 Å². The standard InChI is InChI=1S/C24H31NO4/c1-4-6-9-15-29-24(27)21-16(3)25-18-12-10-13-19(26)23(18)22(21)17-11-7-8-14-20(17)28-5-2/h7-8,11,14,22-23H,4-6,9-10,12-13,15H2,1-3H3. The molecular weight excluding hydrogens is 366 g/mol. The second-order valence-electron chi connectivity index (χ2n) is 7.69. The van der Waals surface area contributed by atoms with Crippen molar-refractivity contribution in [3.05, 3.63) is 41.1 Å². The molecule has 1 fully saturated rings. The summed E-state index contributed by atoms with van der Waals surface area (Å²) in [5.41, 5.74) is 2.90. The molecule has 0 saturated heterocycles. The molecule has 3 rings (SSSR count). The van der Waals surface area contributed by atoms with Crippen LogP contribution < -0.4 is 4.74 Å². The molecule has 2 atom stereocenters. The van der Waals surface area contributed by atoms with Crippen molar-refractivity contribution < 1.29 is 19.1 Å². The topological polar surface area (TPSA) is 65.0 Å². The lowest BCUT2D eigenvalue weighted by atomic mass is 9.69. The molecule has 0 N–H and O–H groups in total. The number of para-hydroxylation sites is 1. The number of nitrogens with zero attached hydrogens (tertiary/aromatic N) is 1. The van der Waals surface area contributed by atoms with Crippen LogP contribution in [-0.2, 0) is 14.3 Å². The molecule has 156 valence electrons. The number of unbranched alkanes of at least 4 members (excludes halogenated alkanes) is 2. The Balaban J connectivity index is 2.03. The van der Waals surface area contributed by atoms with Gasteiger partial charge in [0.25, 0.3) is 0 Å². The zero-order chi connectivity index (χ0) is 20.8. The molecule has 1 aromatic carbocycles. The van der Waals surface area contributed by atoms with Crippen LogP contribution in [-0.4, -0.2) is 30.7 Å². The molecule has 2 aliphatic rings. The van der Waals surface area contributed by atoms with Gasteiger partial charge < -0.3 is 9.47 Å². The minimum atomic E-state index is -0.410. The molecule has 29 heavy (non-hydrogen) atoms. The molecule has 1 aliphatic heterocycles. The van der Waals surface area contributed by atoms with Gasteiger partial charge in [-0.05, 0) is 39.2 Å². The van der Waals surface area contributed by atoms with Crippen LogP contribution in [0.25, 0.3) is 0 Å². The van der Waals surface area contributed by atoms with Gasteiger partial charge in [-0.25, -0.2) is 4.79 Å². The first-order chi connectivity index (χ1) is 14.1. The number of allylic oxidation sites excluding steroid dienone is 1. The van der Waals surface area contributed by atoms with Crippen molar-refractivity contribution in [3.63, 3.8) is 0 Å². The van der Waals surface area contributed by atoms with Gasteiger partial charge in [-0.1, -0.05) is 38.0 Å². The number of Topliss-reactive ketones (excluding diaryl/α,β-unsaturated/α-hetero) is 1. The van der Waals surface area contributed by atoms with Crippen molar-refractivity contribution in [1.82, 2.24) is 0 Å². The van der Waals surface area contributed by atoms with Crippen LogP contribution in [0, 0.1) is 5.92 Å². The molecule has 2 unspecified atom stereocenters. The number of hydrogen-bond acceptors (Lipinski definition) is 5. The van der Waals surface area contributed by atoms with E-state index < -0.39 is 11.8 Å². The van der Waals surface area contributed by atoms with E-state index in [1.165, 1.54) is 0 Å². The van der Waals surface area contributed by atoms with Crippen molar-refractivity contribution in [3.8, 4) is 5.75 Å². The van der Waals surface area contributed by atoms with E-state index >= 15 is 0 Å². The normalized spacial score (nSPS) is 21.5. The number of fused-ring (bicyclic) bond motifs is 1. The Morgan fingerprint density at radius 2 is 1.93 bits per heavy atom. The van der Waals surface area contributed by atoms with Crippen LogP contribution in [0.1, 0.15) is 70.8 Å². The van der Waals surface area contributed by atoms with E-state index in [0.717, 1.165) is 43.4 Å². The first kappa shape index (κ1) is 21.3. The van der Waals surface area contributed by atoms with Gasteiger partial charge in [-0.3, -0.25) is 9.79 Å².